The first kappa shape index (κ1) is 23.4. The van der Waals surface area contributed by atoms with Crippen molar-refractivity contribution in [2.75, 3.05) is 40.4 Å². The fourth-order valence-corrected chi connectivity index (χ4v) is 5.10. The van der Waals surface area contributed by atoms with Gasteiger partial charge in [0.25, 0.3) is 5.91 Å². The fourth-order valence-electron chi connectivity index (χ4n) is 3.36. The molecule has 7 nitrogen and oxygen atoms in total. The van der Waals surface area contributed by atoms with Crippen molar-refractivity contribution in [2.45, 2.75) is 24.2 Å². The van der Waals surface area contributed by atoms with Crippen molar-refractivity contribution in [1.82, 2.24) is 9.21 Å². The van der Waals surface area contributed by atoms with E-state index in [9.17, 15) is 13.2 Å². The van der Waals surface area contributed by atoms with Crippen LogP contribution in [0.25, 0.3) is 0 Å². The normalized spacial score (nSPS) is 14.8. The monoisotopic (exact) mass is 466 g/mol. The van der Waals surface area contributed by atoms with Crippen LogP contribution < -0.4 is 9.47 Å². The molecule has 0 aliphatic carbocycles. The third-order valence-corrected chi connectivity index (χ3v) is 7.45. The number of halogens is 1. The number of piperidine rings is 1. The van der Waals surface area contributed by atoms with Gasteiger partial charge in [0.2, 0.25) is 10.0 Å². The molecule has 0 spiro atoms. The SMILES string of the molecule is COc1ccc(OCCN(C)C(=O)c2cc(S(=O)(=O)N3CCCCC3)ccc2Cl)cc1. The molecule has 1 fully saturated rings. The number of carbonyl (C=O) groups excluding carboxylic acids is 1. The Hall–Kier alpha value is -2.29. The molecule has 1 saturated heterocycles. The van der Waals surface area contributed by atoms with Gasteiger partial charge < -0.3 is 14.4 Å². The van der Waals surface area contributed by atoms with Crippen LogP contribution in [0.5, 0.6) is 11.5 Å². The molecule has 1 aliphatic heterocycles. The minimum absolute atomic E-state index is 0.0880. The second kappa shape index (κ2) is 10.3. The zero-order valence-electron chi connectivity index (χ0n) is 17.7. The van der Waals surface area contributed by atoms with Crippen LogP contribution >= 0.6 is 11.6 Å². The van der Waals surface area contributed by atoms with Crippen molar-refractivity contribution in [3.63, 3.8) is 0 Å². The van der Waals surface area contributed by atoms with Crippen LogP contribution in [0, 0.1) is 0 Å². The van der Waals surface area contributed by atoms with Crippen molar-refractivity contribution >= 4 is 27.5 Å². The molecule has 0 atom stereocenters. The Balaban J connectivity index is 1.66. The summed E-state index contributed by atoms with van der Waals surface area (Å²) >= 11 is 6.23. The number of carbonyl (C=O) groups is 1. The summed E-state index contributed by atoms with van der Waals surface area (Å²) in [6.45, 7) is 1.58. The second-order valence-corrected chi connectivity index (χ2v) is 9.70. The van der Waals surface area contributed by atoms with Crippen LogP contribution in [0.15, 0.2) is 47.4 Å². The number of hydrogen-bond acceptors (Lipinski definition) is 5. The van der Waals surface area contributed by atoms with Gasteiger partial charge in [-0.15, -0.1) is 0 Å². The number of rotatable bonds is 8. The number of benzene rings is 2. The molecular formula is C22H27ClN2O5S. The summed E-state index contributed by atoms with van der Waals surface area (Å²) in [7, 11) is -0.432. The molecule has 2 aromatic rings. The van der Waals surface area contributed by atoms with Gasteiger partial charge in [-0.05, 0) is 55.3 Å². The molecule has 9 heteroatoms. The molecule has 168 valence electrons. The number of methoxy groups -OCH3 is 1. The summed E-state index contributed by atoms with van der Waals surface area (Å²) < 4.78 is 38.1. The second-order valence-electron chi connectivity index (χ2n) is 7.36. The molecule has 0 unspecified atom stereocenters. The van der Waals surface area contributed by atoms with E-state index in [2.05, 4.69) is 0 Å². The summed E-state index contributed by atoms with van der Waals surface area (Å²) in [5, 5.41) is 0.213. The quantitative estimate of drug-likeness (QED) is 0.593. The molecule has 3 rings (SSSR count). The summed E-state index contributed by atoms with van der Waals surface area (Å²) in [5.41, 5.74) is 0.159. The minimum Gasteiger partial charge on any atom is -0.497 e. The predicted octanol–water partition coefficient (Wildman–Crippen LogP) is 3.67. The van der Waals surface area contributed by atoms with Crippen LogP contribution in [0.2, 0.25) is 5.02 Å². The first-order valence-electron chi connectivity index (χ1n) is 10.1. The Morgan fingerprint density at radius 1 is 1.06 bits per heavy atom. The number of likely N-dealkylation sites (N-methyl/N-ethyl adjacent to an activating group) is 1. The van der Waals surface area contributed by atoms with E-state index in [1.807, 2.05) is 0 Å². The molecule has 0 aromatic heterocycles. The molecule has 0 bridgehead atoms. The Labute approximate surface area is 188 Å². The average Bonchev–Trinajstić information content (AvgIpc) is 2.79. The highest BCUT2D eigenvalue weighted by atomic mass is 35.5. The van der Waals surface area contributed by atoms with Crippen LogP contribution in [0.4, 0.5) is 0 Å². The first-order valence-corrected chi connectivity index (χ1v) is 12.0. The smallest absolute Gasteiger partial charge is 0.255 e. The number of ether oxygens (including phenoxy) is 2. The van der Waals surface area contributed by atoms with Crippen LogP contribution in [-0.4, -0.2) is 63.9 Å². The molecule has 1 amide bonds. The summed E-state index contributed by atoms with van der Waals surface area (Å²) in [4.78, 5) is 14.5. The first-order chi connectivity index (χ1) is 14.8. The minimum atomic E-state index is -3.65. The van der Waals surface area contributed by atoms with Crippen molar-refractivity contribution < 1.29 is 22.7 Å². The summed E-state index contributed by atoms with van der Waals surface area (Å²) in [5.74, 6) is 1.03. The summed E-state index contributed by atoms with van der Waals surface area (Å²) in [6, 6.07) is 11.4. The van der Waals surface area contributed by atoms with Crippen molar-refractivity contribution in [3.8, 4) is 11.5 Å². The van der Waals surface area contributed by atoms with Gasteiger partial charge in [-0.3, -0.25) is 4.79 Å². The third-order valence-electron chi connectivity index (χ3n) is 5.22. The Morgan fingerprint density at radius 3 is 2.35 bits per heavy atom. The molecule has 31 heavy (non-hydrogen) atoms. The van der Waals surface area contributed by atoms with E-state index in [0.717, 1.165) is 25.0 Å². The van der Waals surface area contributed by atoms with Gasteiger partial charge in [-0.25, -0.2) is 8.42 Å². The summed E-state index contributed by atoms with van der Waals surface area (Å²) in [6.07, 6.45) is 2.71. The van der Waals surface area contributed by atoms with Crippen LogP contribution in [0.1, 0.15) is 29.6 Å². The van der Waals surface area contributed by atoms with E-state index in [1.165, 1.54) is 27.4 Å². The molecular weight excluding hydrogens is 440 g/mol. The topological polar surface area (TPSA) is 76.1 Å². The van der Waals surface area contributed by atoms with E-state index >= 15 is 0 Å². The fraction of sp³-hybridized carbons (Fsp3) is 0.409. The third kappa shape index (κ3) is 5.70. The van der Waals surface area contributed by atoms with Crippen molar-refractivity contribution in [3.05, 3.63) is 53.1 Å². The highest BCUT2D eigenvalue weighted by Crippen LogP contribution is 2.26. The zero-order valence-corrected chi connectivity index (χ0v) is 19.3. The lowest BCUT2D eigenvalue weighted by Gasteiger charge is -2.26. The standard InChI is InChI=1S/C22H27ClN2O5S/c1-24(14-15-30-18-8-6-17(29-2)7-9-18)22(26)20-16-19(10-11-21(20)23)31(27,28)25-12-4-3-5-13-25/h6-11,16H,3-5,12-15H2,1-2H3. The van der Waals surface area contributed by atoms with Gasteiger partial charge in [-0.2, -0.15) is 4.31 Å². The van der Waals surface area contributed by atoms with E-state index in [-0.39, 0.29) is 28.0 Å². The lowest BCUT2D eigenvalue weighted by molar-refractivity contribution is 0.0773. The molecule has 0 radical (unpaired) electrons. The highest BCUT2D eigenvalue weighted by Gasteiger charge is 2.27. The maximum absolute atomic E-state index is 12.9. The Morgan fingerprint density at radius 2 is 1.71 bits per heavy atom. The maximum atomic E-state index is 12.9. The molecule has 1 heterocycles. The van der Waals surface area contributed by atoms with Crippen molar-refractivity contribution in [1.29, 1.82) is 0 Å². The Kier molecular flexibility index (Phi) is 7.80. The van der Waals surface area contributed by atoms with E-state index in [4.69, 9.17) is 21.1 Å². The average molecular weight is 467 g/mol. The predicted molar refractivity (Wildman–Crippen MR) is 120 cm³/mol. The van der Waals surface area contributed by atoms with E-state index in [0.29, 0.717) is 25.4 Å². The molecule has 0 N–H and O–H groups in total. The van der Waals surface area contributed by atoms with Gasteiger partial charge in [0.15, 0.2) is 0 Å². The van der Waals surface area contributed by atoms with E-state index in [1.54, 1.807) is 38.4 Å². The molecule has 2 aromatic carbocycles. The maximum Gasteiger partial charge on any atom is 0.255 e. The number of hydrogen-bond donors (Lipinski definition) is 0. The van der Waals surface area contributed by atoms with Crippen LogP contribution in [0.3, 0.4) is 0 Å². The largest absolute Gasteiger partial charge is 0.497 e. The lowest BCUT2D eigenvalue weighted by atomic mass is 10.2. The highest BCUT2D eigenvalue weighted by molar-refractivity contribution is 7.89. The van der Waals surface area contributed by atoms with Crippen LogP contribution in [-0.2, 0) is 10.0 Å². The number of nitrogens with zero attached hydrogens (tertiary/aromatic N) is 2. The number of amides is 1. The van der Waals surface area contributed by atoms with Gasteiger partial charge in [0.1, 0.15) is 18.1 Å². The van der Waals surface area contributed by atoms with Gasteiger partial charge >= 0.3 is 0 Å². The molecule has 0 saturated carbocycles. The zero-order chi connectivity index (χ0) is 22.4. The Bertz CT molecular complexity index is 1010. The van der Waals surface area contributed by atoms with Gasteiger partial charge in [0, 0.05) is 20.1 Å². The van der Waals surface area contributed by atoms with E-state index < -0.39 is 10.0 Å². The van der Waals surface area contributed by atoms with Gasteiger partial charge in [0.05, 0.1) is 29.1 Å². The molecule has 1 aliphatic rings. The lowest BCUT2D eigenvalue weighted by Crippen LogP contribution is -2.36. The number of sulfonamides is 1. The van der Waals surface area contributed by atoms with Crippen molar-refractivity contribution in [2.24, 2.45) is 0 Å². The van der Waals surface area contributed by atoms with Gasteiger partial charge in [-0.1, -0.05) is 18.0 Å².